The first kappa shape index (κ1) is 24.6. The number of benzene rings is 2. The van der Waals surface area contributed by atoms with Crippen molar-refractivity contribution in [1.29, 1.82) is 0 Å². The second-order valence-corrected chi connectivity index (χ2v) is 9.37. The average Bonchev–Trinajstić information content (AvgIpc) is 2.82. The number of aromatic nitrogens is 1. The quantitative estimate of drug-likeness (QED) is 0.168. The number of ether oxygens (including phenoxy) is 2. The molecule has 3 aromatic rings. The lowest BCUT2D eigenvalue weighted by Crippen LogP contribution is -2.42. The van der Waals surface area contributed by atoms with Crippen LogP contribution in [0.3, 0.4) is 0 Å². The Morgan fingerprint density at radius 3 is 1.81 bits per heavy atom. The Hall–Kier alpha value is -2.02. The van der Waals surface area contributed by atoms with Gasteiger partial charge in [-0.3, -0.25) is 0 Å². The molecule has 174 valence electrons. The lowest BCUT2D eigenvalue weighted by Gasteiger charge is -2.34. The van der Waals surface area contributed by atoms with Gasteiger partial charge in [0.1, 0.15) is 23.5 Å². The molecule has 2 aromatic carbocycles. The third-order valence-corrected chi connectivity index (χ3v) is 7.13. The minimum atomic E-state index is -0.0990. The van der Waals surface area contributed by atoms with E-state index in [9.17, 15) is 0 Å². The second kappa shape index (κ2) is 11.7. The topological polar surface area (TPSA) is 37.8 Å². The molecule has 0 radical (unpaired) electrons. The summed E-state index contributed by atoms with van der Waals surface area (Å²) in [7, 11) is 3.45. The van der Waals surface area contributed by atoms with Crippen molar-refractivity contribution in [2.75, 3.05) is 37.1 Å². The molecule has 6 heteroatoms. The number of anilines is 2. The number of hydrogen-bond donors (Lipinski definition) is 0. The van der Waals surface area contributed by atoms with Crippen LogP contribution in [0.4, 0.5) is 11.4 Å². The van der Waals surface area contributed by atoms with Crippen LogP contribution < -0.4 is 9.80 Å². The first-order chi connectivity index (χ1) is 15.5. The maximum Gasteiger partial charge on any atom is 0.259 e. The van der Waals surface area contributed by atoms with Crippen LogP contribution in [0.5, 0.6) is 0 Å². The Morgan fingerprint density at radius 2 is 1.31 bits per heavy atom. The van der Waals surface area contributed by atoms with Crippen LogP contribution in [-0.4, -0.2) is 44.7 Å². The van der Waals surface area contributed by atoms with E-state index in [-0.39, 0.29) is 12.5 Å². The third kappa shape index (κ3) is 5.66. The van der Waals surface area contributed by atoms with Gasteiger partial charge in [-0.25, -0.2) is 4.98 Å². The molecule has 0 spiro atoms. The van der Waals surface area contributed by atoms with Gasteiger partial charge in [0.05, 0.1) is 0 Å². The highest BCUT2D eigenvalue weighted by molar-refractivity contribution is 7.24. The summed E-state index contributed by atoms with van der Waals surface area (Å²) in [6.07, 6.45) is 4.66. The summed E-state index contributed by atoms with van der Waals surface area (Å²) in [4.78, 5) is 9.62. The van der Waals surface area contributed by atoms with E-state index in [0.29, 0.717) is 0 Å². The summed E-state index contributed by atoms with van der Waals surface area (Å²) in [5, 5.41) is 0. The van der Waals surface area contributed by atoms with Gasteiger partial charge in [0.2, 0.25) is 11.3 Å². The minimum absolute atomic E-state index is 0.0990. The molecule has 0 aliphatic carbocycles. The van der Waals surface area contributed by atoms with E-state index in [4.69, 9.17) is 14.5 Å². The number of nitrogens with zero attached hydrogens (tertiary/aromatic N) is 3. The third-order valence-electron chi connectivity index (χ3n) is 6.04. The standard InChI is InChI=1S/C26H38N3O2S/c1-7-9-15-28(16-10-8-2)21-11-13-23-25(17-21)32-26-18-22(12-14-24(26)27-23)29(19(3)30-5)20(4)31-6/h11-14,17-20H,7-10,15-16H2,1-6H3/q+1. The monoisotopic (exact) mass is 456 g/mol. The van der Waals surface area contributed by atoms with Gasteiger partial charge in [0, 0.05) is 50.8 Å². The fourth-order valence-corrected chi connectivity index (χ4v) is 5.00. The number of hydrogen-bond acceptors (Lipinski definition) is 5. The van der Waals surface area contributed by atoms with Crippen molar-refractivity contribution in [3.63, 3.8) is 0 Å². The Kier molecular flexibility index (Phi) is 9.02. The molecule has 0 aliphatic rings. The first-order valence-electron chi connectivity index (χ1n) is 11.8. The molecular formula is C26H38N3O2S+. The predicted molar refractivity (Wildman–Crippen MR) is 139 cm³/mol. The number of methoxy groups -OCH3 is 2. The van der Waals surface area contributed by atoms with Crippen molar-refractivity contribution >= 4 is 43.1 Å². The van der Waals surface area contributed by atoms with Gasteiger partial charge in [-0.05, 0) is 51.0 Å². The summed E-state index contributed by atoms with van der Waals surface area (Å²) in [6, 6.07) is 13.1. The van der Waals surface area contributed by atoms with Crippen molar-refractivity contribution in [3.05, 3.63) is 36.4 Å². The Bertz CT molecular complexity index is 995. The molecule has 0 bridgehead atoms. The lowest BCUT2D eigenvalue weighted by atomic mass is 10.2. The molecule has 0 N–H and O–H groups in total. The summed E-state index contributed by atoms with van der Waals surface area (Å²) in [6.45, 7) is 10.8. The maximum absolute atomic E-state index is 5.61. The van der Waals surface area contributed by atoms with Crippen LogP contribution in [0.1, 0.15) is 53.4 Å². The van der Waals surface area contributed by atoms with Crippen molar-refractivity contribution in [3.8, 4) is 0 Å². The summed E-state index contributed by atoms with van der Waals surface area (Å²) in [5.41, 5.74) is 4.44. The predicted octanol–water partition coefficient (Wildman–Crippen LogP) is 6.93. The van der Waals surface area contributed by atoms with Gasteiger partial charge < -0.3 is 19.3 Å². The molecule has 3 rings (SSSR count). The Morgan fingerprint density at radius 1 is 0.812 bits per heavy atom. The summed E-state index contributed by atoms with van der Waals surface area (Å²) >= 11 is 1.80. The number of unbranched alkanes of at least 4 members (excludes halogenated alkanes) is 2. The van der Waals surface area contributed by atoms with Gasteiger partial charge in [-0.15, -0.1) is 0 Å². The molecule has 2 unspecified atom stereocenters. The smallest absolute Gasteiger partial charge is 0.259 e. The zero-order valence-corrected chi connectivity index (χ0v) is 21.2. The van der Waals surface area contributed by atoms with Gasteiger partial charge in [-0.2, -0.15) is 0 Å². The second-order valence-electron chi connectivity index (χ2n) is 8.29. The Balaban J connectivity index is 2.01. The van der Waals surface area contributed by atoms with Gasteiger partial charge >= 0.3 is 0 Å². The van der Waals surface area contributed by atoms with E-state index >= 15 is 0 Å². The molecule has 0 saturated carbocycles. The van der Waals surface area contributed by atoms with E-state index in [1.54, 1.807) is 25.6 Å². The largest absolute Gasteiger partial charge is 0.371 e. The molecule has 0 aliphatic heterocycles. The minimum Gasteiger partial charge on any atom is -0.371 e. The van der Waals surface area contributed by atoms with Crippen LogP contribution in [0.2, 0.25) is 0 Å². The zero-order chi connectivity index (χ0) is 23.1. The first-order valence-corrected chi connectivity index (χ1v) is 12.6. The van der Waals surface area contributed by atoms with E-state index < -0.39 is 0 Å². The molecule has 1 aromatic heterocycles. The highest BCUT2D eigenvalue weighted by Gasteiger charge is 2.23. The molecule has 0 fully saturated rings. The normalized spacial score (nSPS) is 13.4. The van der Waals surface area contributed by atoms with Gasteiger partial charge in [0.25, 0.3) is 9.40 Å². The molecule has 5 nitrogen and oxygen atoms in total. The molecule has 2 atom stereocenters. The molecule has 1 heterocycles. The highest BCUT2D eigenvalue weighted by Crippen LogP contribution is 2.33. The van der Waals surface area contributed by atoms with Crippen LogP contribution in [0.15, 0.2) is 36.4 Å². The van der Waals surface area contributed by atoms with Gasteiger partial charge in [-0.1, -0.05) is 26.7 Å². The zero-order valence-electron chi connectivity index (χ0n) is 20.4. The van der Waals surface area contributed by atoms with Crippen LogP contribution in [0.25, 0.3) is 20.4 Å². The molecule has 32 heavy (non-hydrogen) atoms. The van der Waals surface area contributed by atoms with Gasteiger partial charge in [0.15, 0.2) is 0 Å². The number of rotatable bonds is 12. The molecular weight excluding hydrogens is 418 g/mol. The van der Waals surface area contributed by atoms with E-state index in [1.807, 2.05) is 13.8 Å². The van der Waals surface area contributed by atoms with Crippen LogP contribution in [-0.2, 0) is 9.47 Å². The highest BCUT2D eigenvalue weighted by atomic mass is 32.1. The average molecular weight is 457 g/mol. The maximum atomic E-state index is 5.61. The van der Waals surface area contributed by atoms with Crippen LogP contribution in [0, 0.1) is 0 Å². The number of fused-ring (bicyclic) bond motifs is 2. The lowest BCUT2D eigenvalue weighted by molar-refractivity contribution is 0.0428. The molecule has 0 saturated heterocycles. The van der Waals surface area contributed by atoms with E-state index in [0.717, 1.165) is 34.5 Å². The van der Waals surface area contributed by atoms with Crippen molar-refractivity contribution in [1.82, 2.24) is 4.98 Å². The molecule has 0 amide bonds. The van der Waals surface area contributed by atoms with Crippen molar-refractivity contribution < 1.29 is 9.47 Å². The van der Waals surface area contributed by atoms with E-state index in [1.165, 1.54) is 36.1 Å². The fourth-order valence-electron chi connectivity index (χ4n) is 3.97. The Labute approximate surface area is 197 Å². The van der Waals surface area contributed by atoms with E-state index in [2.05, 4.69) is 60.0 Å². The van der Waals surface area contributed by atoms with Crippen molar-refractivity contribution in [2.45, 2.75) is 65.8 Å². The fraction of sp³-hybridized carbons (Fsp3) is 0.538. The van der Waals surface area contributed by atoms with Crippen molar-refractivity contribution in [2.24, 2.45) is 0 Å². The summed E-state index contributed by atoms with van der Waals surface area (Å²) in [5.74, 6) is 0. The van der Waals surface area contributed by atoms with Crippen LogP contribution >= 0.6 is 11.3 Å². The SMILES string of the molecule is CCCCN(CCCC)c1ccc2nc3ccc(N(C(C)OC)C(C)OC)cc3[s+]c2c1. The summed E-state index contributed by atoms with van der Waals surface area (Å²) < 4.78 is 13.6.